The van der Waals surface area contributed by atoms with Gasteiger partial charge in [0.2, 0.25) is 0 Å². The maximum Gasteiger partial charge on any atom is 0.0579 e. The molecule has 1 rings (SSSR count). The van der Waals surface area contributed by atoms with E-state index in [0.717, 1.165) is 0 Å². The molecule has 2 nitrogen and oxygen atoms in total. The molecule has 0 saturated heterocycles. The second kappa shape index (κ2) is 5.81. The van der Waals surface area contributed by atoms with Crippen molar-refractivity contribution >= 4 is 11.6 Å². The Morgan fingerprint density at radius 3 is 1.64 bits per heavy atom. The first-order chi connectivity index (χ1) is 5.18. The van der Waals surface area contributed by atoms with Gasteiger partial charge in [0.05, 0.1) is 12.2 Å². The summed E-state index contributed by atoms with van der Waals surface area (Å²) in [6, 6.07) is 0. The first-order valence-corrected chi connectivity index (χ1v) is 4.62. The molecule has 0 spiro atoms. The Morgan fingerprint density at radius 1 is 1.00 bits per heavy atom. The molecule has 2 N–H and O–H groups in total. The quantitative estimate of drug-likeness (QED) is 0.555. The predicted octanol–water partition coefficient (Wildman–Crippen LogP) is 1.53. The van der Waals surface area contributed by atoms with Crippen LogP contribution in [-0.4, -0.2) is 27.8 Å². The van der Waals surface area contributed by atoms with Crippen molar-refractivity contribution in [2.24, 2.45) is 0 Å². The van der Waals surface area contributed by atoms with Crippen LogP contribution in [-0.2, 0) is 0 Å². The fraction of sp³-hybridized carbons (Fsp3) is 1.00. The van der Waals surface area contributed by atoms with Crippen molar-refractivity contribution in [2.45, 2.75) is 50.7 Å². The van der Waals surface area contributed by atoms with Crippen LogP contribution >= 0.6 is 11.6 Å². The minimum atomic E-state index is -0.392. The van der Waals surface area contributed by atoms with Crippen molar-refractivity contribution in [1.82, 2.24) is 0 Å². The lowest BCUT2D eigenvalue weighted by atomic mass is 9.95. The van der Waals surface area contributed by atoms with Crippen LogP contribution in [0.5, 0.6) is 0 Å². The van der Waals surface area contributed by atoms with Gasteiger partial charge in [0.25, 0.3) is 0 Å². The third kappa shape index (κ3) is 4.62. The summed E-state index contributed by atoms with van der Waals surface area (Å²) < 4.78 is 0. The lowest BCUT2D eigenvalue weighted by molar-refractivity contribution is 0.0426. The fourth-order valence-corrected chi connectivity index (χ4v) is 1.60. The number of hydrogen-bond donors (Lipinski definition) is 2. The van der Waals surface area contributed by atoms with E-state index in [0.29, 0.717) is 19.3 Å². The molecule has 0 bridgehead atoms. The Morgan fingerprint density at radius 2 is 1.36 bits per heavy atom. The highest BCUT2D eigenvalue weighted by Crippen LogP contribution is 2.22. The molecular formula is C8H17ClO2. The third-order valence-electron chi connectivity index (χ3n) is 1.60. The second-order valence-corrected chi connectivity index (χ2v) is 3.23. The molecule has 0 aliphatic heterocycles. The van der Waals surface area contributed by atoms with Crippen LogP contribution in [0.3, 0.4) is 0 Å². The SMILES string of the molecule is CC.OC1CC(O)CC(Cl)C1. The van der Waals surface area contributed by atoms with Gasteiger partial charge in [0.1, 0.15) is 0 Å². The molecule has 0 aromatic heterocycles. The van der Waals surface area contributed by atoms with E-state index in [9.17, 15) is 0 Å². The number of aliphatic hydroxyl groups excluding tert-OH is 2. The van der Waals surface area contributed by atoms with E-state index in [2.05, 4.69) is 0 Å². The molecule has 0 radical (unpaired) electrons. The predicted molar refractivity (Wildman–Crippen MR) is 46.9 cm³/mol. The van der Waals surface area contributed by atoms with Gasteiger partial charge in [-0.15, -0.1) is 11.6 Å². The molecule has 1 saturated carbocycles. The van der Waals surface area contributed by atoms with Crippen LogP contribution in [0, 0.1) is 0 Å². The van der Waals surface area contributed by atoms with Gasteiger partial charge in [0.15, 0.2) is 0 Å². The normalized spacial score (nSPS) is 37.4. The van der Waals surface area contributed by atoms with Crippen molar-refractivity contribution in [3.05, 3.63) is 0 Å². The third-order valence-corrected chi connectivity index (χ3v) is 1.96. The number of alkyl halides is 1. The molecular weight excluding hydrogens is 164 g/mol. The number of aliphatic hydroxyl groups is 2. The van der Waals surface area contributed by atoms with E-state index in [1.54, 1.807) is 0 Å². The highest BCUT2D eigenvalue weighted by molar-refractivity contribution is 6.20. The van der Waals surface area contributed by atoms with E-state index < -0.39 is 12.2 Å². The molecule has 1 aliphatic carbocycles. The average molecular weight is 181 g/mol. The summed E-state index contributed by atoms with van der Waals surface area (Å²) >= 11 is 5.69. The molecule has 0 amide bonds. The van der Waals surface area contributed by atoms with Crippen LogP contribution in [0.1, 0.15) is 33.1 Å². The van der Waals surface area contributed by atoms with Crippen molar-refractivity contribution < 1.29 is 10.2 Å². The fourth-order valence-electron chi connectivity index (χ4n) is 1.19. The van der Waals surface area contributed by atoms with E-state index >= 15 is 0 Å². The number of hydrogen-bond acceptors (Lipinski definition) is 2. The summed E-state index contributed by atoms with van der Waals surface area (Å²) in [5.74, 6) is 0. The molecule has 1 aliphatic rings. The second-order valence-electron chi connectivity index (χ2n) is 2.61. The molecule has 11 heavy (non-hydrogen) atoms. The monoisotopic (exact) mass is 180 g/mol. The molecule has 3 heteroatoms. The Kier molecular flexibility index (Phi) is 5.92. The van der Waals surface area contributed by atoms with Crippen molar-refractivity contribution in [1.29, 1.82) is 0 Å². The van der Waals surface area contributed by atoms with Gasteiger partial charge in [-0.2, -0.15) is 0 Å². The molecule has 68 valence electrons. The average Bonchev–Trinajstić information content (AvgIpc) is 1.88. The van der Waals surface area contributed by atoms with Gasteiger partial charge in [0, 0.05) is 5.38 Å². The van der Waals surface area contributed by atoms with E-state index in [-0.39, 0.29) is 5.38 Å². The summed E-state index contributed by atoms with van der Waals surface area (Å²) in [7, 11) is 0. The maximum atomic E-state index is 9.01. The zero-order valence-electron chi connectivity index (χ0n) is 7.13. The summed E-state index contributed by atoms with van der Waals surface area (Å²) in [6.45, 7) is 4.00. The summed E-state index contributed by atoms with van der Waals surface area (Å²) in [5.41, 5.74) is 0. The van der Waals surface area contributed by atoms with Gasteiger partial charge >= 0.3 is 0 Å². The lowest BCUT2D eigenvalue weighted by Gasteiger charge is -2.25. The van der Waals surface area contributed by atoms with Crippen LogP contribution in [0.4, 0.5) is 0 Å². The summed E-state index contributed by atoms with van der Waals surface area (Å²) in [4.78, 5) is 0. The van der Waals surface area contributed by atoms with Crippen molar-refractivity contribution in [2.75, 3.05) is 0 Å². The molecule has 0 aromatic carbocycles. The summed E-state index contributed by atoms with van der Waals surface area (Å²) in [6.07, 6.45) is 0.952. The zero-order valence-corrected chi connectivity index (χ0v) is 7.88. The van der Waals surface area contributed by atoms with E-state index in [1.165, 1.54) is 0 Å². The molecule has 1 fully saturated rings. The molecule has 2 unspecified atom stereocenters. The van der Waals surface area contributed by atoms with Gasteiger partial charge in [-0.25, -0.2) is 0 Å². The smallest absolute Gasteiger partial charge is 0.0579 e. The Balaban J connectivity index is 0.000000461. The van der Waals surface area contributed by atoms with Gasteiger partial charge in [-0.1, -0.05) is 13.8 Å². The van der Waals surface area contributed by atoms with Crippen molar-refractivity contribution in [3.63, 3.8) is 0 Å². The number of halogens is 1. The first-order valence-electron chi connectivity index (χ1n) is 4.18. The Hall–Kier alpha value is 0.210. The lowest BCUT2D eigenvalue weighted by Crippen LogP contribution is -2.29. The minimum Gasteiger partial charge on any atom is -0.393 e. The number of rotatable bonds is 0. The topological polar surface area (TPSA) is 40.5 Å². The van der Waals surface area contributed by atoms with Gasteiger partial charge in [-0.3, -0.25) is 0 Å². The van der Waals surface area contributed by atoms with E-state index in [4.69, 9.17) is 21.8 Å². The van der Waals surface area contributed by atoms with E-state index in [1.807, 2.05) is 13.8 Å². The zero-order chi connectivity index (χ0) is 8.85. The van der Waals surface area contributed by atoms with Crippen LogP contribution < -0.4 is 0 Å². The Labute approximate surface area is 73.2 Å². The van der Waals surface area contributed by atoms with Crippen LogP contribution in [0.25, 0.3) is 0 Å². The highest BCUT2D eigenvalue weighted by Gasteiger charge is 2.24. The van der Waals surface area contributed by atoms with Crippen LogP contribution in [0.15, 0.2) is 0 Å². The largest absolute Gasteiger partial charge is 0.393 e. The van der Waals surface area contributed by atoms with Crippen LogP contribution in [0.2, 0.25) is 0 Å². The molecule has 0 aromatic rings. The van der Waals surface area contributed by atoms with Gasteiger partial charge < -0.3 is 10.2 Å². The highest BCUT2D eigenvalue weighted by atomic mass is 35.5. The Bertz CT molecular complexity index is 73.1. The molecule has 0 heterocycles. The molecule has 2 atom stereocenters. The maximum absolute atomic E-state index is 9.01. The van der Waals surface area contributed by atoms with Crippen molar-refractivity contribution in [3.8, 4) is 0 Å². The minimum absolute atomic E-state index is 0.0382. The first kappa shape index (κ1) is 11.2. The summed E-state index contributed by atoms with van der Waals surface area (Å²) in [5, 5.41) is 18.0. The standard InChI is InChI=1S/C6H11ClO2.C2H6/c7-4-1-5(8)3-6(9)2-4;1-2/h4-6,8-9H,1-3H2;1-2H3. The van der Waals surface area contributed by atoms with Gasteiger partial charge in [-0.05, 0) is 19.3 Å².